The number of hydrogen-bond donors (Lipinski definition) is 2. The molecule has 3 rings (SSSR count). The lowest BCUT2D eigenvalue weighted by atomic mass is 10.0. The monoisotopic (exact) mass is 478 g/mol. The first kappa shape index (κ1) is 25.6. The van der Waals surface area contributed by atoms with E-state index in [2.05, 4.69) is 15.5 Å². The number of aldehydes is 1. The molecular weight excluding hydrogens is 448 g/mol. The molecule has 0 spiro atoms. The Morgan fingerprint density at radius 3 is 2.29 bits per heavy atom. The number of ketones is 1. The largest absolute Gasteiger partial charge is 0.371 e. The molecule has 1 saturated heterocycles. The fourth-order valence-corrected chi connectivity index (χ4v) is 4.11. The fourth-order valence-electron chi connectivity index (χ4n) is 4.11. The third kappa shape index (κ3) is 6.32. The first-order chi connectivity index (χ1) is 16.9. The van der Waals surface area contributed by atoms with Crippen LogP contribution >= 0.6 is 0 Å². The minimum absolute atomic E-state index is 0.0478. The maximum Gasteiger partial charge on any atom is 0.261 e. The summed E-state index contributed by atoms with van der Waals surface area (Å²) in [5, 5.41) is 5.74. The predicted molar refractivity (Wildman–Crippen MR) is 133 cm³/mol. The van der Waals surface area contributed by atoms with E-state index in [0.29, 0.717) is 36.9 Å². The average molecular weight is 479 g/mol. The van der Waals surface area contributed by atoms with Crippen LogP contribution in [-0.4, -0.2) is 61.4 Å². The van der Waals surface area contributed by atoms with Crippen molar-refractivity contribution in [2.45, 2.75) is 38.6 Å². The van der Waals surface area contributed by atoms with E-state index in [9.17, 15) is 24.0 Å². The Labute approximate surface area is 204 Å². The van der Waals surface area contributed by atoms with Gasteiger partial charge in [-0.05, 0) is 61.4 Å². The lowest BCUT2D eigenvalue weighted by molar-refractivity contribution is -0.131. The van der Waals surface area contributed by atoms with Crippen molar-refractivity contribution in [2.75, 3.05) is 30.4 Å². The number of aryl methyl sites for hydroxylation is 1. The number of nitrogens with zero attached hydrogens (tertiary/aromatic N) is 2. The van der Waals surface area contributed by atoms with Crippen LogP contribution in [-0.2, 0) is 19.2 Å². The zero-order valence-electron chi connectivity index (χ0n) is 20.0. The summed E-state index contributed by atoms with van der Waals surface area (Å²) >= 11 is 0. The molecule has 9 nitrogen and oxygen atoms in total. The van der Waals surface area contributed by atoms with Gasteiger partial charge < -0.3 is 20.3 Å². The normalized spacial score (nSPS) is 14.1. The van der Waals surface area contributed by atoms with Gasteiger partial charge in [0.05, 0.1) is 0 Å². The molecule has 0 aliphatic carbocycles. The zero-order chi connectivity index (χ0) is 25.4. The highest BCUT2D eigenvalue weighted by Gasteiger charge is 2.30. The average Bonchev–Trinajstić information content (AvgIpc) is 2.87. The van der Waals surface area contributed by atoms with Crippen molar-refractivity contribution < 1.29 is 24.0 Å². The molecule has 9 heteroatoms. The lowest BCUT2D eigenvalue weighted by Gasteiger charge is -2.28. The van der Waals surface area contributed by atoms with Crippen molar-refractivity contribution in [3.05, 3.63) is 53.6 Å². The molecule has 0 aromatic heterocycles. The number of amides is 3. The van der Waals surface area contributed by atoms with Gasteiger partial charge in [-0.3, -0.25) is 24.1 Å². The Morgan fingerprint density at radius 2 is 1.71 bits per heavy atom. The highest BCUT2D eigenvalue weighted by molar-refractivity contribution is 6.04. The molecule has 184 valence electrons. The molecule has 35 heavy (non-hydrogen) atoms. The first-order valence-corrected chi connectivity index (χ1v) is 11.6. The second-order valence-electron chi connectivity index (χ2n) is 8.42. The molecule has 1 fully saturated rings. The Balaban J connectivity index is 1.72. The number of imide groups is 1. The summed E-state index contributed by atoms with van der Waals surface area (Å²) in [5.41, 5.74) is 3.61. The van der Waals surface area contributed by atoms with Crippen LogP contribution in [0.2, 0.25) is 0 Å². The molecule has 3 amide bonds. The van der Waals surface area contributed by atoms with Crippen LogP contribution in [0.5, 0.6) is 0 Å². The molecule has 2 aromatic carbocycles. The minimum atomic E-state index is -1.07. The number of likely N-dealkylation sites (N-methyl/N-ethyl adjacent to an activating group) is 1. The highest BCUT2D eigenvalue weighted by atomic mass is 16.2. The predicted octanol–water partition coefficient (Wildman–Crippen LogP) is 2.60. The van der Waals surface area contributed by atoms with E-state index in [1.807, 2.05) is 24.3 Å². The van der Waals surface area contributed by atoms with Crippen molar-refractivity contribution in [3.63, 3.8) is 0 Å². The third-order valence-corrected chi connectivity index (χ3v) is 6.09. The molecule has 1 aliphatic rings. The maximum atomic E-state index is 13.1. The van der Waals surface area contributed by atoms with Crippen LogP contribution in [0.25, 0.3) is 0 Å². The van der Waals surface area contributed by atoms with Gasteiger partial charge in [-0.2, -0.15) is 0 Å². The van der Waals surface area contributed by atoms with E-state index < -0.39 is 17.9 Å². The Morgan fingerprint density at radius 1 is 1.06 bits per heavy atom. The van der Waals surface area contributed by atoms with Crippen LogP contribution in [0.4, 0.5) is 17.1 Å². The Bertz CT molecular complexity index is 1090. The van der Waals surface area contributed by atoms with E-state index in [1.54, 1.807) is 25.1 Å². The first-order valence-electron chi connectivity index (χ1n) is 11.6. The SMILES string of the molecule is CNC(=O)C(CCC=O)N(C=O)C(=O)c1ccc(Nc2ccc(N3CCC(=O)CC3)cc2)cc1C. The number of Topliss-reactive ketones (excluding diaryl/α,β-unsaturated/α-hetero) is 1. The maximum absolute atomic E-state index is 13.1. The Hall–Kier alpha value is -4.01. The second kappa shape index (κ2) is 11.9. The number of nitrogens with one attached hydrogen (secondary N) is 2. The summed E-state index contributed by atoms with van der Waals surface area (Å²) in [7, 11) is 1.41. The molecule has 0 saturated carbocycles. The van der Waals surface area contributed by atoms with E-state index in [0.717, 1.165) is 35.1 Å². The molecule has 2 N–H and O–H groups in total. The van der Waals surface area contributed by atoms with E-state index in [-0.39, 0.29) is 18.4 Å². The fraction of sp³-hybridized carbons (Fsp3) is 0.346. The van der Waals surface area contributed by atoms with E-state index in [4.69, 9.17) is 0 Å². The number of rotatable bonds is 10. The van der Waals surface area contributed by atoms with Gasteiger partial charge >= 0.3 is 0 Å². The number of piperidine rings is 1. The van der Waals surface area contributed by atoms with E-state index in [1.165, 1.54) is 7.05 Å². The van der Waals surface area contributed by atoms with Gasteiger partial charge in [0.1, 0.15) is 18.1 Å². The number of anilines is 3. The van der Waals surface area contributed by atoms with Gasteiger partial charge in [-0.25, -0.2) is 0 Å². The molecule has 1 atom stereocenters. The van der Waals surface area contributed by atoms with Gasteiger partial charge in [-0.15, -0.1) is 0 Å². The summed E-state index contributed by atoms with van der Waals surface area (Å²) in [5.74, 6) is -0.811. The zero-order valence-corrected chi connectivity index (χ0v) is 20.0. The van der Waals surface area contributed by atoms with Crippen LogP contribution in [0.1, 0.15) is 41.6 Å². The summed E-state index contributed by atoms with van der Waals surface area (Å²) in [6.07, 6.45) is 2.23. The van der Waals surface area contributed by atoms with Crippen LogP contribution in [0.3, 0.4) is 0 Å². The summed E-state index contributed by atoms with van der Waals surface area (Å²) in [6.45, 7) is 3.21. The molecular formula is C26H30N4O5. The number of benzene rings is 2. The van der Waals surface area contributed by atoms with Crippen molar-refractivity contribution >= 4 is 47.4 Å². The molecule has 2 aromatic rings. The highest BCUT2D eigenvalue weighted by Crippen LogP contribution is 2.25. The standard InChI is InChI=1S/C26H30N4O5/c1-18-16-20(28-19-5-8-21(9-6-19)29-13-11-22(33)12-14-29)7-10-23(18)26(35)30(17-32)24(4-3-15-31)25(34)27-2/h5-10,15-17,24,28H,3-4,11-14H2,1-2H3,(H,27,34). The van der Waals surface area contributed by atoms with Crippen molar-refractivity contribution in [2.24, 2.45) is 0 Å². The van der Waals surface area contributed by atoms with Crippen molar-refractivity contribution in [1.29, 1.82) is 0 Å². The number of carbonyl (C=O) groups is 5. The number of carbonyl (C=O) groups excluding carboxylic acids is 5. The van der Waals surface area contributed by atoms with Crippen molar-refractivity contribution in [1.82, 2.24) is 10.2 Å². The minimum Gasteiger partial charge on any atom is -0.371 e. The van der Waals surface area contributed by atoms with Crippen LogP contribution < -0.4 is 15.5 Å². The van der Waals surface area contributed by atoms with Gasteiger partial charge in [0.2, 0.25) is 12.3 Å². The third-order valence-electron chi connectivity index (χ3n) is 6.09. The molecule has 1 unspecified atom stereocenters. The van der Waals surface area contributed by atoms with Crippen molar-refractivity contribution in [3.8, 4) is 0 Å². The van der Waals surface area contributed by atoms with Gasteiger partial charge in [0, 0.05) is 62.0 Å². The summed E-state index contributed by atoms with van der Waals surface area (Å²) in [6, 6.07) is 12.0. The van der Waals surface area contributed by atoms with Crippen LogP contribution in [0.15, 0.2) is 42.5 Å². The molecule has 1 heterocycles. The topological polar surface area (TPSA) is 116 Å². The van der Waals surface area contributed by atoms with Gasteiger partial charge in [0.15, 0.2) is 0 Å². The smallest absolute Gasteiger partial charge is 0.261 e. The van der Waals surface area contributed by atoms with E-state index >= 15 is 0 Å². The van der Waals surface area contributed by atoms with Gasteiger partial charge in [-0.1, -0.05) is 0 Å². The Kier molecular flexibility index (Phi) is 8.72. The lowest BCUT2D eigenvalue weighted by Crippen LogP contribution is -2.48. The molecule has 0 radical (unpaired) electrons. The quantitative estimate of drug-likeness (QED) is 0.504. The summed E-state index contributed by atoms with van der Waals surface area (Å²) < 4.78 is 0. The summed E-state index contributed by atoms with van der Waals surface area (Å²) in [4.78, 5) is 62.3. The number of hydrogen-bond acceptors (Lipinski definition) is 7. The molecule has 0 bridgehead atoms. The molecule has 1 aliphatic heterocycles. The second-order valence-corrected chi connectivity index (χ2v) is 8.42. The van der Waals surface area contributed by atoms with Crippen LogP contribution in [0, 0.1) is 6.92 Å². The van der Waals surface area contributed by atoms with Gasteiger partial charge in [0.25, 0.3) is 5.91 Å².